The Morgan fingerprint density at radius 2 is 1.78 bits per heavy atom. The first-order valence-corrected chi connectivity index (χ1v) is 14.1. The average molecular weight is 561 g/mol. The van der Waals surface area contributed by atoms with Gasteiger partial charge < -0.3 is 24.4 Å². The Kier molecular flexibility index (Phi) is 5.67. The molecule has 2 fully saturated rings. The number of Topliss-reactive ketones (excluding diaryl/α,β-unsaturated/α-hetero) is 2. The van der Waals surface area contributed by atoms with E-state index in [1.54, 1.807) is 12.2 Å². The molecule has 1 saturated carbocycles. The van der Waals surface area contributed by atoms with Crippen LogP contribution >= 0.6 is 0 Å². The lowest BCUT2D eigenvalue weighted by molar-refractivity contribution is -0.171. The molecular formula is C33H36O8. The van der Waals surface area contributed by atoms with Crippen LogP contribution in [0, 0.1) is 11.8 Å². The first-order chi connectivity index (χ1) is 19.1. The lowest BCUT2D eigenvalue weighted by Gasteiger charge is -2.56. The van der Waals surface area contributed by atoms with E-state index in [2.05, 4.69) is 0 Å². The van der Waals surface area contributed by atoms with Crippen LogP contribution < -0.4 is 9.47 Å². The summed E-state index contributed by atoms with van der Waals surface area (Å²) in [6, 6.07) is 0. The van der Waals surface area contributed by atoms with Crippen molar-refractivity contribution >= 4 is 23.6 Å². The summed E-state index contributed by atoms with van der Waals surface area (Å²) < 4.78 is 20.1. The Morgan fingerprint density at radius 1 is 1.07 bits per heavy atom. The van der Waals surface area contributed by atoms with Crippen LogP contribution in [-0.4, -0.2) is 50.2 Å². The predicted octanol–water partition coefficient (Wildman–Crippen LogP) is 5.51. The molecule has 41 heavy (non-hydrogen) atoms. The maximum atomic E-state index is 14.5. The minimum atomic E-state index is -1.61. The largest absolute Gasteiger partial charge is 0.506 e. The van der Waals surface area contributed by atoms with Gasteiger partial charge in [-0.3, -0.25) is 9.59 Å². The summed E-state index contributed by atoms with van der Waals surface area (Å²) >= 11 is 0. The molecule has 216 valence electrons. The smallest absolute Gasteiger partial charge is 0.330 e. The molecule has 1 saturated heterocycles. The van der Waals surface area contributed by atoms with Crippen molar-refractivity contribution in [2.45, 2.75) is 90.1 Å². The summed E-state index contributed by atoms with van der Waals surface area (Å²) in [6.45, 7) is 13.0. The number of aliphatic carboxylic acids is 1. The minimum Gasteiger partial charge on any atom is -0.506 e. The van der Waals surface area contributed by atoms with Gasteiger partial charge in [-0.2, -0.15) is 0 Å². The second-order valence-electron chi connectivity index (χ2n) is 13.2. The fraction of sp³-hybridized carbons (Fsp3) is 0.485. The summed E-state index contributed by atoms with van der Waals surface area (Å²) in [5.74, 6) is -2.29. The Balaban J connectivity index is 1.66. The number of phenols is 1. The van der Waals surface area contributed by atoms with E-state index in [1.807, 2.05) is 53.7 Å². The lowest BCUT2D eigenvalue weighted by atomic mass is 9.51. The van der Waals surface area contributed by atoms with Gasteiger partial charge in [-0.25, -0.2) is 4.79 Å². The highest BCUT2D eigenvalue weighted by Gasteiger charge is 2.81. The van der Waals surface area contributed by atoms with Crippen molar-refractivity contribution in [1.29, 1.82) is 0 Å². The fourth-order valence-electron chi connectivity index (χ4n) is 7.44. The van der Waals surface area contributed by atoms with E-state index in [0.29, 0.717) is 35.3 Å². The molecule has 1 aromatic rings. The maximum Gasteiger partial charge on any atom is 0.330 e. The van der Waals surface area contributed by atoms with Crippen LogP contribution in [0.4, 0.5) is 0 Å². The molecule has 0 radical (unpaired) electrons. The number of rotatable bonds is 5. The third-order valence-corrected chi connectivity index (χ3v) is 9.37. The molecule has 1 aromatic carbocycles. The molecule has 8 heteroatoms. The highest BCUT2D eigenvalue weighted by molar-refractivity contribution is 6.19. The zero-order valence-electron chi connectivity index (χ0n) is 24.5. The minimum absolute atomic E-state index is 0.0513. The van der Waals surface area contributed by atoms with Gasteiger partial charge in [0.15, 0.2) is 22.8 Å². The molecule has 6 aliphatic rings. The van der Waals surface area contributed by atoms with Gasteiger partial charge in [-0.1, -0.05) is 23.8 Å². The topological polar surface area (TPSA) is 119 Å². The van der Waals surface area contributed by atoms with Gasteiger partial charge in [0.2, 0.25) is 0 Å². The van der Waals surface area contributed by atoms with Gasteiger partial charge in [0.1, 0.15) is 28.4 Å². The quantitative estimate of drug-likeness (QED) is 0.357. The number of carbonyl (C=O) groups excluding carboxylic acids is 2. The highest BCUT2D eigenvalue weighted by atomic mass is 16.6. The number of benzene rings is 1. The number of ether oxygens (including phenoxy) is 3. The van der Waals surface area contributed by atoms with E-state index in [1.165, 1.54) is 13.0 Å². The number of fused-ring (bicyclic) bond motifs is 2. The van der Waals surface area contributed by atoms with Crippen LogP contribution in [-0.2, 0) is 20.7 Å². The molecule has 7 rings (SSSR count). The zero-order valence-corrected chi connectivity index (χ0v) is 24.5. The van der Waals surface area contributed by atoms with Crippen molar-refractivity contribution in [1.82, 2.24) is 0 Å². The van der Waals surface area contributed by atoms with Gasteiger partial charge in [0.25, 0.3) is 0 Å². The van der Waals surface area contributed by atoms with Crippen molar-refractivity contribution in [3.63, 3.8) is 0 Å². The maximum absolute atomic E-state index is 14.5. The number of ketones is 2. The van der Waals surface area contributed by atoms with Crippen LogP contribution in [0.3, 0.4) is 0 Å². The predicted molar refractivity (Wildman–Crippen MR) is 151 cm³/mol. The molecule has 8 nitrogen and oxygen atoms in total. The van der Waals surface area contributed by atoms with E-state index in [4.69, 9.17) is 14.2 Å². The number of carbonyl (C=O) groups is 3. The Bertz CT molecular complexity index is 1560. The third kappa shape index (κ3) is 3.52. The average Bonchev–Trinajstić information content (AvgIpc) is 3.03. The number of hydrogen-bond acceptors (Lipinski definition) is 7. The van der Waals surface area contributed by atoms with Crippen molar-refractivity contribution in [3.8, 4) is 17.2 Å². The summed E-state index contributed by atoms with van der Waals surface area (Å²) in [6.07, 6.45) is 9.54. The number of carboxylic acid groups (broad SMARTS) is 1. The van der Waals surface area contributed by atoms with Gasteiger partial charge in [0.05, 0.1) is 11.2 Å². The molecule has 3 aliphatic carbocycles. The molecule has 0 amide bonds. The SMILES string of the molecule is CC(C)=CCc1c2c(c(O)c3c1O[C@]14C(=C[C@@H]5C[C@H]1C(C)(C)O[C@@]4(C/C=C(\C)C(=O)O)C5=O)C3=O)C=CC(C)(C)O2. The lowest BCUT2D eigenvalue weighted by Crippen LogP contribution is -2.72. The second-order valence-corrected chi connectivity index (χ2v) is 13.2. The van der Waals surface area contributed by atoms with Gasteiger partial charge >= 0.3 is 5.97 Å². The van der Waals surface area contributed by atoms with Crippen LogP contribution in [0.2, 0.25) is 0 Å². The molecule has 1 spiro atoms. The van der Waals surface area contributed by atoms with Crippen molar-refractivity contribution < 1.29 is 38.8 Å². The summed E-state index contributed by atoms with van der Waals surface area (Å²) in [7, 11) is 0. The first kappa shape index (κ1) is 27.5. The van der Waals surface area contributed by atoms with E-state index in [0.717, 1.165) is 5.57 Å². The highest BCUT2D eigenvalue weighted by Crippen LogP contribution is 2.68. The molecule has 4 bridgehead atoms. The summed E-state index contributed by atoms with van der Waals surface area (Å²) in [5.41, 5.74) is -2.14. The van der Waals surface area contributed by atoms with Crippen molar-refractivity contribution in [2.24, 2.45) is 11.8 Å². The van der Waals surface area contributed by atoms with Gasteiger partial charge in [-0.15, -0.1) is 0 Å². The fourth-order valence-corrected chi connectivity index (χ4v) is 7.44. The normalized spacial score (nSPS) is 31.4. The van der Waals surface area contributed by atoms with E-state index in [-0.39, 0.29) is 40.8 Å². The number of phenolic OH excluding ortho intramolecular Hbond substituents is 1. The standard InChI is InChI=1S/C33H36O8/c1-16(2)8-9-20-26-19(11-12-30(4,5)39-26)24(34)23-25(35)21-14-18-15-22-31(6,7)41-32(28(18)36,13-10-17(3)29(37)38)33(21,22)40-27(20)23/h8,10-12,14,18,22,34H,9,13,15H2,1-7H3,(H,37,38)/b17-10+/t18-,22+,32+,33-/m1/s1. The summed E-state index contributed by atoms with van der Waals surface area (Å²) in [5, 5.41) is 21.1. The number of hydrogen-bond donors (Lipinski definition) is 2. The molecule has 3 heterocycles. The Hall–Kier alpha value is -3.65. The van der Waals surface area contributed by atoms with Gasteiger partial charge in [-0.05, 0) is 73.5 Å². The van der Waals surface area contributed by atoms with Crippen molar-refractivity contribution in [2.75, 3.05) is 0 Å². The van der Waals surface area contributed by atoms with Gasteiger partial charge in [0, 0.05) is 35.0 Å². The van der Waals surface area contributed by atoms with E-state index >= 15 is 0 Å². The Labute approximate surface area is 239 Å². The molecule has 2 N–H and O–H groups in total. The Morgan fingerprint density at radius 3 is 2.44 bits per heavy atom. The van der Waals surface area contributed by atoms with Crippen LogP contribution in [0.5, 0.6) is 17.2 Å². The van der Waals surface area contributed by atoms with Crippen LogP contribution in [0.25, 0.3) is 6.08 Å². The van der Waals surface area contributed by atoms with Crippen LogP contribution in [0.1, 0.15) is 82.8 Å². The molecule has 4 atom stereocenters. The number of aromatic hydroxyl groups is 1. The molecule has 3 aliphatic heterocycles. The zero-order chi connectivity index (χ0) is 29.9. The summed E-state index contributed by atoms with van der Waals surface area (Å²) in [4.78, 5) is 40.4. The van der Waals surface area contributed by atoms with E-state index < -0.39 is 40.1 Å². The first-order valence-electron chi connectivity index (χ1n) is 14.1. The third-order valence-electron chi connectivity index (χ3n) is 9.37. The second kappa shape index (κ2) is 8.44. The number of carboxylic acids is 1. The molecular weight excluding hydrogens is 524 g/mol. The van der Waals surface area contributed by atoms with Crippen LogP contribution in [0.15, 0.2) is 41.0 Å². The monoisotopic (exact) mass is 560 g/mol. The van der Waals surface area contributed by atoms with Crippen molar-refractivity contribution in [3.05, 3.63) is 57.7 Å². The number of allylic oxidation sites excluding steroid dienone is 3. The molecule has 0 unspecified atom stereocenters. The molecule has 0 aromatic heterocycles. The van der Waals surface area contributed by atoms with E-state index in [9.17, 15) is 24.6 Å².